The minimum absolute atomic E-state index is 0.0779. The SMILES string of the molecule is Cc1cccc(C=CC(=O)N2CCCC(CCO)C2)c1. The van der Waals surface area contributed by atoms with Crippen LogP contribution in [-0.2, 0) is 4.79 Å². The zero-order valence-corrected chi connectivity index (χ0v) is 12.1. The number of benzene rings is 1. The lowest BCUT2D eigenvalue weighted by molar-refractivity contribution is -0.127. The van der Waals surface area contributed by atoms with Crippen molar-refractivity contribution in [2.45, 2.75) is 26.2 Å². The van der Waals surface area contributed by atoms with E-state index in [1.807, 2.05) is 36.1 Å². The molecule has 0 radical (unpaired) electrons. The Bertz CT molecular complexity index is 480. The summed E-state index contributed by atoms with van der Waals surface area (Å²) < 4.78 is 0. The van der Waals surface area contributed by atoms with Crippen LogP contribution in [0.15, 0.2) is 30.3 Å². The molecule has 2 rings (SSSR count). The lowest BCUT2D eigenvalue weighted by Crippen LogP contribution is -2.39. The van der Waals surface area contributed by atoms with Gasteiger partial charge in [-0.05, 0) is 43.7 Å². The standard InChI is InChI=1S/C17H23NO2/c1-14-4-2-5-15(12-14)7-8-17(20)18-10-3-6-16(13-18)9-11-19/h2,4-5,7-8,12,16,19H,3,6,9-11,13H2,1H3. The van der Waals surface area contributed by atoms with E-state index in [1.54, 1.807) is 6.08 Å². The summed E-state index contributed by atoms with van der Waals surface area (Å²) in [6.45, 7) is 3.87. The van der Waals surface area contributed by atoms with Crippen molar-refractivity contribution in [3.63, 3.8) is 0 Å². The van der Waals surface area contributed by atoms with Crippen LogP contribution in [0.5, 0.6) is 0 Å². The second kappa shape index (κ2) is 7.25. The fourth-order valence-corrected chi connectivity index (χ4v) is 2.73. The molecule has 0 aromatic heterocycles. The molecule has 0 bridgehead atoms. The monoisotopic (exact) mass is 273 g/mol. The van der Waals surface area contributed by atoms with Gasteiger partial charge in [-0.15, -0.1) is 0 Å². The quantitative estimate of drug-likeness (QED) is 0.857. The average molecular weight is 273 g/mol. The third-order valence-corrected chi connectivity index (χ3v) is 3.83. The smallest absolute Gasteiger partial charge is 0.246 e. The zero-order valence-electron chi connectivity index (χ0n) is 12.1. The predicted molar refractivity (Wildman–Crippen MR) is 81.2 cm³/mol. The van der Waals surface area contributed by atoms with Crippen molar-refractivity contribution in [2.24, 2.45) is 5.92 Å². The zero-order chi connectivity index (χ0) is 14.4. The summed E-state index contributed by atoms with van der Waals surface area (Å²) in [5.41, 5.74) is 2.25. The molecule has 1 aliphatic rings. The maximum absolute atomic E-state index is 12.2. The number of amides is 1. The van der Waals surface area contributed by atoms with Crippen LogP contribution in [0.2, 0.25) is 0 Å². The molecule has 0 spiro atoms. The summed E-state index contributed by atoms with van der Waals surface area (Å²) in [6.07, 6.45) is 6.49. The van der Waals surface area contributed by atoms with Crippen molar-refractivity contribution < 1.29 is 9.90 Å². The number of likely N-dealkylation sites (tertiary alicyclic amines) is 1. The van der Waals surface area contributed by atoms with Crippen LogP contribution in [0.1, 0.15) is 30.4 Å². The molecule has 1 amide bonds. The van der Waals surface area contributed by atoms with Crippen molar-refractivity contribution in [2.75, 3.05) is 19.7 Å². The Morgan fingerprint density at radius 3 is 3.10 bits per heavy atom. The van der Waals surface area contributed by atoms with Gasteiger partial charge in [0.05, 0.1) is 0 Å². The van der Waals surface area contributed by atoms with Gasteiger partial charge in [-0.2, -0.15) is 0 Å². The normalized spacial score (nSPS) is 19.5. The maximum Gasteiger partial charge on any atom is 0.246 e. The first-order chi connectivity index (χ1) is 9.69. The Morgan fingerprint density at radius 1 is 1.50 bits per heavy atom. The van der Waals surface area contributed by atoms with E-state index in [9.17, 15) is 4.79 Å². The van der Waals surface area contributed by atoms with Gasteiger partial charge in [0.2, 0.25) is 5.91 Å². The Balaban J connectivity index is 1.94. The minimum Gasteiger partial charge on any atom is -0.396 e. The van der Waals surface area contributed by atoms with Gasteiger partial charge in [0, 0.05) is 25.8 Å². The molecule has 0 aliphatic carbocycles. The van der Waals surface area contributed by atoms with Gasteiger partial charge in [0.25, 0.3) is 0 Å². The summed E-state index contributed by atoms with van der Waals surface area (Å²) >= 11 is 0. The van der Waals surface area contributed by atoms with E-state index >= 15 is 0 Å². The Labute approximate surface area is 120 Å². The predicted octanol–water partition coefficient (Wildman–Crippen LogP) is 2.63. The number of aliphatic hydroxyl groups excluding tert-OH is 1. The maximum atomic E-state index is 12.2. The Morgan fingerprint density at radius 2 is 2.35 bits per heavy atom. The fraction of sp³-hybridized carbons (Fsp3) is 0.471. The number of aryl methyl sites for hydroxylation is 1. The highest BCUT2D eigenvalue weighted by molar-refractivity contribution is 5.91. The van der Waals surface area contributed by atoms with E-state index in [-0.39, 0.29) is 12.5 Å². The number of hydrogen-bond donors (Lipinski definition) is 1. The molecular weight excluding hydrogens is 250 g/mol. The van der Waals surface area contributed by atoms with E-state index in [2.05, 4.69) is 6.07 Å². The summed E-state index contributed by atoms with van der Waals surface area (Å²) in [6, 6.07) is 8.11. The molecule has 108 valence electrons. The van der Waals surface area contributed by atoms with Crippen LogP contribution in [0.25, 0.3) is 6.08 Å². The van der Waals surface area contributed by atoms with Gasteiger partial charge in [-0.1, -0.05) is 29.8 Å². The first-order valence-electron chi connectivity index (χ1n) is 7.33. The Hall–Kier alpha value is -1.61. The van der Waals surface area contributed by atoms with Crippen LogP contribution in [0.4, 0.5) is 0 Å². The number of rotatable bonds is 4. The first-order valence-corrected chi connectivity index (χ1v) is 7.33. The van der Waals surface area contributed by atoms with Crippen molar-refractivity contribution in [3.8, 4) is 0 Å². The molecular formula is C17H23NO2. The molecule has 3 nitrogen and oxygen atoms in total. The summed E-state index contributed by atoms with van der Waals surface area (Å²) in [7, 11) is 0. The van der Waals surface area contributed by atoms with Crippen molar-refractivity contribution in [1.82, 2.24) is 4.90 Å². The minimum atomic E-state index is 0.0779. The van der Waals surface area contributed by atoms with E-state index in [4.69, 9.17) is 5.11 Å². The van der Waals surface area contributed by atoms with Crippen LogP contribution < -0.4 is 0 Å². The van der Waals surface area contributed by atoms with E-state index in [0.29, 0.717) is 5.92 Å². The topological polar surface area (TPSA) is 40.5 Å². The third-order valence-electron chi connectivity index (χ3n) is 3.83. The van der Waals surface area contributed by atoms with Gasteiger partial charge in [-0.25, -0.2) is 0 Å². The van der Waals surface area contributed by atoms with Gasteiger partial charge in [0.15, 0.2) is 0 Å². The number of hydrogen-bond acceptors (Lipinski definition) is 2. The number of aliphatic hydroxyl groups is 1. The summed E-state index contributed by atoms with van der Waals surface area (Å²) in [5.74, 6) is 0.527. The molecule has 1 N–H and O–H groups in total. The van der Waals surface area contributed by atoms with E-state index in [0.717, 1.165) is 37.9 Å². The molecule has 1 heterocycles. The Kier molecular flexibility index (Phi) is 5.36. The summed E-state index contributed by atoms with van der Waals surface area (Å²) in [5, 5.41) is 9.00. The van der Waals surface area contributed by atoms with Crippen molar-refractivity contribution >= 4 is 12.0 Å². The molecule has 1 aromatic rings. The lowest BCUT2D eigenvalue weighted by atomic mass is 9.95. The lowest BCUT2D eigenvalue weighted by Gasteiger charge is -2.31. The number of piperidine rings is 1. The molecule has 1 unspecified atom stereocenters. The van der Waals surface area contributed by atoms with Gasteiger partial charge in [-0.3, -0.25) is 4.79 Å². The molecule has 1 atom stereocenters. The van der Waals surface area contributed by atoms with Crippen molar-refractivity contribution in [3.05, 3.63) is 41.5 Å². The van der Waals surface area contributed by atoms with Gasteiger partial charge in [0.1, 0.15) is 0 Å². The highest BCUT2D eigenvalue weighted by Crippen LogP contribution is 2.19. The second-order valence-electron chi connectivity index (χ2n) is 5.55. The van der Waals surface area contributed by atoms with Crippen LogP contribution in [-0.4, -0.2) is 35.6 Å². The number of carbonyl (C=O) groups is 1. The highest BCUT2D eigenvalue weighted by atomic mass is 16.3. The van der Waals surface area contributed by atoms with E-state index in [1.165, 1.54) is 5.56 Å². The van der Waals surface area contributed by atoms with Crippen LogP contribution in [0, 0.1) is 12.8 Å². The number of nitrogens with zero attached hydrogens (tertiary/aromatic N) is 1. The summed E-state index contributed by atoms with van der Waals surface area (Å²) in [4.78, 5) is 14.1. The molecule has 1 aliphatic heterocycles. The second-order valence-corrected chi connectivity index (χ2v) is 5.55. The molecule has 1 aromatic carbocycles. The number of carbonyl (C=O) groups excluding carboxylic acids is 1. The van der Waals surface area contributed by atoms with Crippen LogP contribution in [0.3, 0.4) is 0 Å². The first kappa shape index (κ1) is 14.8. The highest BCUT2D eigenvalue weighted by Gasteiger charge is 2.21. The largest absolute Gasteiger partial charge is 0.396 e. The molecule has 1 saturated heterocycles. The molecule has 20 heavy (non-hydrogen) atoms. The van der Waals surface area contributed by atoms with Gasteiger partial charge >= 0.3 is 0 Å². The fourth-order valence-electron chi connectivity index (χ4n) is 2.73. The molecule has 0 saturated carbocycles. The van der Waals surface area contributed by atoms with Gasteiger partial charge < -0.3 is 10.0 Å². The van der Waals surface area contributed by atoms with E-state index < -0.39 is 0 Å². The third kappa shape index (κ3) is 4.20. The molecule has 1 fully saturated rings. The van der Waals surface area contributed by atoms with Crippen LogP contribution >= 0.6 is 0 Å². The average Bonchev–Trinajstić information content (AvgIpc) is 2.45. The van der Waals surface area contributed by atoms with Crippen molar-refractivity contribution in [1.29, 1.82) is 0 Å². The molecule has 3 heteroatoms.